The zero-order valence-corrected chi connectivity index (χ0v) is 12.7. The van der Waals surface area contributed by atoms with E-state index in [1.54, 1.807) is 0 Å². The van der Waals surface area contributed by atoms with Crippen molar-refractivity contribution in [1.82, 2.24) is 4.90 Å². The van der Waals surface area contributed by atoms with Gasteiger partial charge in [0.05, 0.1) is 6.61 Å². The molecule has 0 heterocycles. The molecule has 0 aromatic heterocycles. The fourth-order valence-corrected chi connectivity index (χ4v) is 2.54. The number of unbranched alkanes of at least 4 members (excludes halogenated alkanes) is 1. The van der Waals surface area contributed by atoms with Gasteiger partial charge >= 0.3 is 0 Å². The van der Waals surface area contributed by atoms with Crippen LogP contribution in [0, 0.1) is 0 Å². The van der Waals surface area contributed by atoms with Gasteiger partial charge in [-0.3, -0.25) is 0 Å². The normalized spacial score (nSPS) is 14.8. The summed E-state index contributed by atoms with van der Waals surface area (Å²) in [7, 11) is 0. The van der Waals surface area contributed by atoms with E-state index in [2.05, 4.69) is 4.90 Å². The first-order valence-corrected chi connectivity index (χ1v) is 7.90. The number of halogens is 1. The predicted octanol–water partition coefficient (Wildman–Crippen LogP) is 3.35. The van der Waals surface area contributed by atoms with Crippen LogP contribution in [0.15, 0.2) is 24.3 Å². The summed E-state index contributed by atoms with van der Waals surface area (Å²) in [4.78, 5) is 2.54. The van der Waals surface area contributed by atoms with E-state index in [0.717, 1.165) is 50.8 Å². The van der Waals surface area contributed by atoms with E-state index >= 15 is 0 Å². The van der Waals surface area contributed by atoms with Gasteiger partial charge < -0.3 is 14.7 Å². The summed E-state index contributed by atoms with van der Waals surface area (Å²) in [6.45, 7) is 3.21. The minimum atomic E-state index is 0.302. The van der Waals surface area contributed by atoms with Gasteiger partial charge in [-0.1, -0.05) is 17.7 Å². The summed E-state index contributed by atoms with van der Waals surface area (Å²) in [5, 5.41) is 9.56. The number of hydrogen-bond acceptors (Lipinski definition) is 3. The van der Waals surface area contributed by atoms with Gasteiger partial charge in [0.25, 0.3) is 0 Å². The lowest BCUT2D eigenvalue weighted by molar-refractivity contribution is 0.213. The molecule has 1 aliphatic carbocycles. The van der Waals surface area contributed by atoms with Gasteiger partial charge in [-0.2, -0.15) is 0 Å². The Morgan fingerprint density at radius 1 is 1.20 bits per heavy atom. The Hall–Kier alpha value is -0.770. The molecule has 2 rings (SSSR count). The Labute approximate surface area is 126 Å². The Morgan fingerprint density at radius 2 is 2.00 bits per heavy atom. The van der Waals surface area contributed by atoms with Crippen molar-refractivity contribution >= 4 is 11.6 Å². The van der Waals surface area contributed by atoms with Gasteiger partial charge in [-0.25, -0.2) is 0 Å². The number of aliphatic hydroxyl groups excluding tert-OH is 1. The molecule has 112 valence electrons. The van der Waals surface area contributed by atoms with Crippen LogP contribution in [0.2, 0.25) is 5.02 Å². The van der Waals surface area contributed by atoms with Crippen LogP contribution < -0.4 is 4.74 Å². The average Bonchev–Trinajstić information content (AvgIpc) is 3.26. The average molecular weight is 298 g/mol. The molecule has 1 aliphatic rings. The second-order valence-electron chi connectivity index (χ2n) is 5.36. The first-order chi connectivity index (χ1) is 9.79. The standard InChI is InChI=1S/C16H24ClNO2/c17-14-5-3-6-16(13-14)20-12-4-10-18(15-7-8-15)9-1-2-11-19/h3,5-6,13,15,19H,1-2,4,7-12H2. The Bertz CT molecular complexity index is 396. The van der Waals surface area contributed by atoms with Crippen molar-refractivity contribution in [3.8, 4) is 5.75 Å². The second kappa shape index (κ2) is 8.50. The van der Waals surface area contributed by atoms with Gasteiger partial charge in [0, 0.05) is 24.2 Å². The molecular weight excluding hydrogens is 274 g/mol. The number of benzene rings is 1. The molecular formula is C16H24ClNO2. The van der Waals surface area contributed by atoms with Crippen LogP contribution in [0.3, 0.4) is 0 Å². The fourth-order valence-electron chi connectivity index (χ4n) is 2.36. The molecule has 0 aliphatic heterocycles. The Balaban J connectivity index is 1.63. The second-order valence-corrected chi connectivity index (χ2v) is 5.79. The van der Waals surface area contributed by atoms with Crippen molar-refractivity contribution in [2.45, 2.75) is 38.1 Å². The van der Waals surface area contributed by atoms with Gasteiger partial charge in [-0.05, 0) is 56.8 Å². The quantitative estimate of drug-likeness (QED) is 0.672. The molecule has 4 heteroatoms. The van der Waals surface area contributed by atoms with Crippen LogP contribution in [0.5, 0.6) is 5.75 Å². The lowest BCUT2D eigenvalue weighted by Crippen LogP contribution is -2.29. The number of ether oxygens (including phenoxy) is 1. The van der Waals surface area contributed by atoms with Crippen molar-refractivity contribution < 1.29 is 9.84 Å². The van der Waals surface area contributed by atoms with Crippen LogP contribution in [0.25, 0.3) is 0 Å². The van der Waals surface area contributed by atoms with Crippen molar-refractivity contribution in [3.63, 3.8) is 0 Å². The molecule has 20 heavy (non-hydrogen) atoms. The number of rotatable bonds is 10. The highest BCUT2D eigenvalue weighted by atomic mass is 35.5. The number of aliphatic hydroxyl groups is 1. The molecule has 0 atom stereocenters. The lowest BCUT2D eigenvalue weighted by atomic mass is 10.3. The van der Waals surface area contributed by atoms with E-state index in [4.69, 9.17) is 21.4 Å². The molecule has 0 radical (unpaired) electrons. The minimum Gasteiger partial charge on any atom is -0.493 e. The first kappa shape index (κ1) is 15.6. The molecule has 3 nitrogen and oxygen atoms in total. The van der Waals surface area contributed by atoms with Crippen molar-refractivity contribution in [1.29, 1.82) is 0 Å². The zero-order valence-electron chi connectivity index (χ0n) is 11.9. The Morgan fingerprint density at radius 3 is 2.70 bits per heavy atom. The third kappa shape index (κ3) is 5.70. The fraction of sp³-hybridized carbons (Fsp3) is 0.625. The SMILES string of the molecule is OCCCCN(CCCOc1cccc(Cl)c1)C1CC1. The molecule has 0 amide bonds. The molecule has 0 spiro atoms. The highest BCUT2D eigenvalue weighted by Crippen LogP contribution is 2.27. The van der Waals surface area contributed by atoms with Gasteiger partial charge in [-0.15, -0.1) is 0 Å². The number of hydrogen-bond donors (Lipinski definition) is 1. The van der Waals surface area contributed by atoms with Crippen molar-refractivity contribution in [2.75, 3.05) is 26.3 Å². The first-order valence-electron chi connectivity index (χ1n) is 7.53. The monoisotopic (exact) mass is 297 g/mol. The summed E-state index contributed by atoms with van der Waals surface area (Å²) < 4.78 is 5.71. The van der Waals surface area contributed by atoms with E-state index in [-0.39, 0.29) is 0 Å². The lowest BCUT2D eigenvalue weighted by Gasteiger charge is -2.21. The van der Waals surface area contributed by atoms with Crippen LogP contribution in [0.1, 0.15) is 32.1 Å². The summed E-state index contributed by atoms with van der Waals surface area (Å²) in [6.07, 6.45) is 5.68. The highest BCUT2D eigenvalue weighted by molar-refractivity contribution is 6.30. The molecule has 1 aromatic rings. The maximum Gasteiger partial charge on any atom is 0.120 e. The van der Waals surface area contributed by atoms with E-state index in [1.165, 1.54) is 12.8 Å². The van der Waals surface area contributed by atoms with E-state index < -0.39 is 0 Å². The Kier molecular flexibility index (Phi) is 6.64. The van der Waals surface area contributed by atoms with Crippen LogP contribution in [-0.2, 0) is 0 Å². The zero-order chi connectivity index (χ0) is 14.2. The van der Waals surface area contributed by atoms with Gasteiger partial charge in [0.15, 0.2) is 0 Å². The molecule has 0 unspecified atom stereocenters. The van der Waals surface area contributed by atoms with E-state index in [9.17, 15) is 0 Å². The summed E-state index contributed by atoms with van der Waals surface area (Å²) in [5.41, 5.74) is 0. The van der Waals surface area contributed by atoms with E-state index in [1.807, 2.05) is 24.3 Å². The number of nitrogens with zero attached hydrogens (tertiary/aromatic N) is 1. The summed E-state index contributed by atoms with van der Waals surface area (Å²) in [5.74, 6) is 0.843. The highest BCUT2D eigenvalue weighted by Gasteiger charge is 2.27. The topological polar surface area (TPSA) is 32.7 Å². The molecule has 1 aromatic carbocycles. The third-order valence-corrected chi connectivity index (χ3v) is 3.81. The molecule has 0 bridgehead atoms. The van der Waals surface area contributed by atoms with Crippen LogP contribution >= 0.6 is 11.6 Å². The molecule has 0 saturated heterocycles. The van der Waals surface area contributed by atoms with Crippen molar-refractivity contribution in [2.24, 2.45) is 0 Å². The van der Waals surface area contributed by atoms with Crippen LogP contribution in [-0.4, -0.2) is 42.4 Å². The molecule has 1 N–H and O–H groups in total. The smallest absolute Gasteiger partial charge is 0.120 e. The molecule has 1 fully saturated rings. The van der Waals surface area contributed by atoms with Gasteiger partial charge in [0.1, 0.15) is 5.75 Å². The summed E-state index contributed by atoms with van der Waals surface area (Å²) in [6, 6.07) is 8.32. The third-order valence-electron chi connectivity index (χ3n) is 3.57. The van der Waals surface area contributed by atoms with E-state index in [0.29, 0.717) is 11.6 Å². The largest absolute Gasteiger partial charge is 0.493 e. The summed E-state index contributed by atoms with van der Waals surface area (Å²) >= 11 is 5.92. The predicted molar refractivity (Wildman–Crippen MR) is 82.5 cm³/mol. The van der Waals surface area contributed by atoms with Crippen LogP contribution in [0.4, 0.5) is 0 Å². The van der Waals surface area contributed by atoms with Crippen molar-refractivity contribution in [3.05, 3.63) is 29.3 Å². The molecule has 1 saturated carbocycles. The maximum absolute atomic E-state index is 8.85. The maximum atomic E-state index is 8.85. The van der Waals surface area contributed by atoms with Gasteiger partial charge in [0.2, 0.25) is 0 Å². The minimum absolute atomic E-state index is 0.302.